The molecular weight excluding hydrogens is 392 g/mol. The third-order valence-electron chi connectivity index (χ3n) is 4.57. The number of furan rings is 1. The maximum atomic E-state index is 12.8. The molecule has 9 heteroatoms. The summed E-state index contributed by atoms with van der Waals surface area (Å²) in [7, 11) is 0. The Bertz CT molecular complexity index is 1090. The largest absolute Gasteiger partial charge is 0.475 e. The van der Waals surface area contributed by atoms with E-state index in [0.29, 0.717) is 11.4 Å². The summed E-state index contributed by atoms with van der Waals surface area (Å²) in [5.41, 5.74) is 0.618. The van der Waals surface area contributed by atoms with E-state index >= 15 is 0 Å². The van der Waals surface area contributed by atoms with Crippen molar-refractivity contribution in [2.24, 2.45) is 0 Å². The number of ether oxygens (including phenoxy) is 2. The van der Waals surface area contributed by atoms with Crippen LogP contribution in [0.1, 0.15) is 16.1 Å². The molecule has 0 saturated heterocycles. The molecule has 9 nitrogen and oxygen atoms in total. The average molecular weight is 408 g/mol. The summed E-state index contributed by atoms with van der Waals surface area (Å²) in [6, 6.07) is 15.9. The zero-order valence-electron chi connectivity index (χ0n) is 15.6. The van der Waals surface area contributed by atoms with E-state index in [1.807, 2.05) is 0 Å². The summed E-state index contributed by atoms with van der Waals surface area (Å²) < 4.78 is 16.2. The van der Waals surface area contributed by atoms with Gasteiger partial charge in [-0.1, -0.05) is 24.3 Å². The number of carbonyl (C=O) groups excluding carboxylic acids is 2. The maximum absolute atomic E-state index is 12.8. The highest BCUT2D eigenvalue weighted by molar-refractivity contribution is 6.06. The van der Waals surface area contributed by atoms with Crippen LogP contribution < -0.4 is 9.64 Å². The van der Waals surface area contributed by atoms with Gasteiger partial charge >= 0.3 is 5.97 Å². The predicted molar refractivity (Wildman–Crippen MR) is 104 cm³/mol. The Balaban J connectivity index is 1.53. The van der Waals surface area contributed by atoms with Gasteiger partial charge < -0.3 is 13.9 Å². The second-order valence-electron chi connectivity index (χ2n) is 6.46. The van der Waals surface area contributed by atoms with Crippen molar-refractivity contribution < 1.29 is 28.4 Å². The molecule has 0 bridgehead atoms. The number of nitro benzene ring substituents is 1. The minimum absolute atomic E-state index is 0.0910. The summed E-state index contributed by atoms with van der Waals surface area (Å²) >= 11 is 0. The van der Waals surface area contributed by atoms with Crippen LogP contribution in [0.2, 0.25) is 0 Å². The molecule has 4 rings (SSSR count). The van der Waals surface area contributed by atoms with Crippen LogP contribution in [-0.2, 0) is 16.1 Å². The van der Waals surface area contributed by atoms with Crippen molar-refractivity contribution in [3.63, 3.8) is 0 Å². The van der Waals surface area contributed by atoms with Crippen molar-refractivity contribution in [2.75, 3.05) is 11.4 Å². The second-order valence-corrected chi connectivity index (χ2v) is 6.46. The van der Waals surface area contributed by atoms with E-state index in [-0.39, 0.29) is 30.2 Å². The van der Waals surface area contributed by atoms with Gasteiger partial charge in [-0.15, -0.1) is 0 Å². The van der Waals surface area contributed by atoms with E-state index in [1.54, 1.807) is 36.4 Å². The molecule has 2 aromatic carbocycles. The number of para-hydroxylation sites is 3. The third kappa shape index (κ3) is 3.72. The highest BCUT2D eigenvalue weighted by Crippen LogP contribution is 2.34. The molecule has 1 aliphatic rings. The SMILES string of the molecule is O=C(OCc1ccccc1[N+](=O)[O-])[C@H]1CN(C(=O)c2ccco2)c2ccccc2O1. The fourth-order valence-corrected chi connectivity index (χ4v) is 3.14. The second kappa shape index (κ2) is 8.08. The normalized spacial score (nSPS) is 15.1. The highest BCUT2D eigenvalue weighted by Gasteiger charge is 2.36. The summed E-state index contributed by atoms with van der Waals surface area (Å²) in [6.45, 7) is -0.379. The number of carbonyl (C=O) groups is 2. The van der Waals surface area contributed by atoms with Gasteiger partial charge in [0.2, 0.25) is 6.10 Å². The topological polar surface area (TPSA) is 112 Å². The minimum Gasteiger partial charge on any atom is -0.475 e. The van der Waals surface area contributed by atoms with Crippen LogP contribution >= 0.6 is 0 Å². The minimum atomic E-state index is -1.10. The van der Waals surface area contributed by atoms with Gasteiger partial charge in [0.15, 0.2) is 5.76 Å². The Morgan fingerprint density at radius 2 is 1.87 bits per heavy atom. The van der Waals surface area contributed by atoms with E-state index in [4.69, 9.17) is 13.9 Å². The molecule has 0 saturated carbocycles. The monoisotopic (exact) mass is 408 g/mol. The Labute approximate surface area is 170 Å². The molecule has 0 spiro atoms. The lowest BCUT2D eigenvalue weighted by Crippen LogP contribution is -2.47. The highest BCUT2D eigenvalue weighted by atomic mass is 16.6. The Hall–Kier alpha value is -4.14. The van der Waals surface area contributed by atoms with Gasteiger partial charge in [0.25, 0.3) is 11.6 Å². The lowest BCUT2D eigenvalue weighted by molar-refractivity contribution is -0.385. The first-order valence-electron chi connectivity index (χ1n) is 9.04. The fourth-order valence-electron chi connectivity index (χ4n) is 3.14. The summed E-state index contributed by atoms with van der Waals surface area (Å²) in [5, 5.41) is 11.1. The van der Waals surface area contributed by atoms with E-state index in [0.717, 1.165) is 0 Å². The van der Waals surface area contributed by atoms with Crippen LogP contribution in [0.25, 0.3) is 0 Å². The van der Waals surface area contributed by atoms with Crippen molar-refractivity contribution in [1.29, 1.82) is 0 Å². The predicted octanol–water partition coefficient (Wildman–Crippen LogP) is 3.34. The fraction of sp³-hybridized carbons (Fsp3) is 0.143. The lowest BCUT2D eigenvalue weighted by atomic mass is 10.1. The quantitative estimate of drug-likeness (QED) is 0.361. The summed E-state index contributed by atoms with van der Waals surface area (Å²) in [4.78, 5) is 37.4. The van der Waals surface area contributed by atoms with Crippen LogP contribution in [0, 0.1) is 10.1 Å². The lowest BCUT2D eigenvalue weighted by Gasteiger charge is -2.33. The van der Waals surface area contributed by atoms with Crippen molar-refractivity contribution in [2.45, 2.75) is 12.7 Å². The molecule has 2 heterocycles. The summed E-state index contributed by atoms with van der Waals surface area (Å²) in [5.74, 6) is -0.692. The number of amides is 1. The van der Waals surface area contributed by atoms with Gasteiger partial charge in [-0.05, 0) is 30.3 Å². The molecular formula is C21H16N2O7. The van der Waals surface area contributed by atoms with Gasteiger partial charge in [-0.2, -0.15) is 0 Å². The molecule has 30 heavy (non-hydrogen) atoms. The first-order chi connectivity index (χ1) is 14.5. The van der Waals surface area contributed by atoms with Crippen LogP contribution in [0.3, 0.4) is 0 Å². The number of benzene rings is 2. The number of rotatable bonds is 5. The van der Waals surface area contributed by atoms with E-state index in [1.165, 1.54) is 35.4 Å². The first kappa shape index (κ1) is 19.2. The van der Waals surface area contributed by atoms with Crippen molar-refractivity contribution in [3.05, 3.63) is 88.4 Å². The number of hydrogen-bond acceptors (Lipinski definition) is 7. The molecule has 1 aliphatic heterocycles. The van der Waals surface area contributed by atoms with Crippen molar-refractivity contribution in [3.8, 4) is 5.75 Å². The molecule has 0 unspecified atom stereocenters. The number of hydrogen-bond donors (Lipinski definition) is 0. The van der Waals surface area contributed by atoms with Gasteiger partial charge in [-0.3, -0.25) is 19.8 Å². The van der Waals surface area contributed by atoms with Crippen molar-refractivity contribution >= 4 is 23.3 Å². The zero-order chi connectivity index (χ0) is 21.1. The molecule has 152 valence electrons. The van der Waals surface area contributed by atoms with Crippen LogP contribution in [0.15, 0.2) is 71.3 Å². The van der Waals surface area contributed by atoms with E-state index in [2.05, 4.69) is 0 Å². The van der Waals surface area contributed by atoms with Gasteiger partial charge in [0.05, 0.1) is 29.0 Å². The number of fused-ring (bicyclic) bond motifs is 1. The molecule has 0 fully saturated rings. The first-order valence-corrected chi connectivity index (χ1v) is 9.04. The van der Waals surface area contributed by atoms with E-state index in [9.17, 15) is 19.7 Å². The van der Waals surface area contributed by atoms with Gasteiger partial charge in [0, 0.05) is 6.07 Å². The van der Waals surface area contributed by atoms with E-state index < -0.39 is 22.9 Å². The zero-order valence-corrected chi connectivity index (χ0v) is 15.6. The van der Waals surface area contributed by atoms with Crippen LogP contribution in [0.4, 0.5) is 11.4 Å². The number of anilines is 1. The Kier molecular flexibility index (Phi) is 5.17. The molecule has 3 aromatic rings. The van der Waals surface area contributed by atoms with Crippen molar-refractivity contribution in [1.82, 2.24) is 0 Å². The maximum Gasteiger partial charge on any atom is 0.349 e. The number of nitro groups is 1. The molecule has 1 atom stereocenters. The summed E-state index contributed by atoms with van der Waals surface area (Å²) in [6.07, 6.45) is 0.291. The standard InChI is InChI=1S/C21H16N2O7/c24-20(18-10-5-11-28-18)22-12-19(30-17-9-4-3-8-16(17)22)21(25)29-13-14-6-1-2-7-15(14)23(26)27/h1-11,19H,12-13H2/t19-/m1/s1. The molecule has 1 amide bonds. The molecule has 0 N–H and O–H groups in total. The molecule has 0 aliphatic carbocycles. The number of nitrogens with zero attached hydrogens (tertiary/aromatic N) is 2. The molecule has 1 aromatic heterocycles. The molecule has 0 radical (unpaired) electrons. The van der Waals surface area contributed by atoms with Gasteiger partial charge in [0.1, 0.15) is 12.4 Å². The Morgan fingerprint density at radius 1 is 1.10 bits per heavy atom. The smallest absolute Gasteiger partial charge is 0.349 e. The Morgan fingerprint density at radius 3 is 2.63 bits per heavy atom. The number of esters is 1. The van der Waals surface area contributed by atoms with Crippen LogP contribution in [-0.4, -0.2) is 29.4 Å². The third-order valence-corrected chi connectivity index (χ3v) is 4.57. The van der Waals surface area contributed by atoms with Crippen LogP contribution in [0.5, 0.6) is 5.75 Å². The van der Waals surface area contributed by atoms with Gasteiger partial charge in [-0.25, -0.2) is 4.79 Å². The average Bonchev–Trinajstić information content (AvgIpc) is 3.31.